The van der Waals surface area contributed by atoms with Crippen molar-refractivity contribution in [2.75, 3.05) is 4.90 Å². The van der Waals surface area contributed by atoms with Gasteiger partial charge in [0.1, 0.15) is 0 Å². The number of hydrogen-bond acceptors (Lipinski definition) is 1. The van der Waals surface area contributed by atoms with E-state index in [1.165, 1.54) is 88.6 Å². The Bertz CT molecular complexity index is 3370. The molecule has 0 atom stereocenters. The molecule has 0 aliphatic heterocycles. The molecule has 0 saturated carbocycles. The summed E-state index contributed by atoms with van der Waals surface area (Å²) in [5, 5.41) is 2.59. The van der Waals surface area contributed by atoms with Crippen molar-refractivity contribution in [2.45, 2.75) is 32.1 Å². The van der Waals surface area contributed by atoms with Crippen molar-refractivity contribution >= 4 is 44.9 Å². The van der Waals surface area contributed by atoms with Crippen LogP contribution in [-0.4, -0.2) is 4.57 Å². The monoisotopic (exact) mass is 806 g/mol. The summed E-state index contributed by atoms with van der Waals surface area (Å²) in [5.41, 5.74) is 22.3. The summed E-state index contributed by atoms with van der Waals surface area (Å²) in [6, 6.07) is 76.2. The maximum absolute atomic E-state index is 2.48. The van der Waals surface area contributed by atoms with E-state index in [0.29, 0.717) is 0 Å². The molecule has 2 heteroatoms. The van der Waals surface area contributed by atoms with Gasteiger partial charge < -0.3 is 9.47 Å². The van der Waals surface area contributed by atoms with Crippen LogP contribution in [0.2, 0.25) is 0 Å². The van der Waals surface area contributed by atoms with E-state index in [1.807, 2.05) is 0 Å². The highest BCUT2D eigenvalue weighted by Crippen LogP contribution is 2.51. The second-order valence-electron chi connectivity index (χ2n) is 17.6. The lowest BCUT2D eigenvalue weighted by Crippen LogP contribution is -2.16. The molecule has 0 amide bonds. The van der Waals surface area contributed by atoms with Crippen molar-refractivity contribution in [3.63, 3.8) is 0 Å². The third kappa shape index (κ3) is 6.16. The zero-order valence-corrected chi connectivity index (χ0v) is 35.6. The van der Waals surface area contributed by atoms with Crippen LogP contribution in [-0.2, 0) is 11.8 Å². The van der Waals surface area contributed by atoms with E-state index in [0.717, 1.165) is 35.6 Å². The molecule has 0 N–H and O–H groups in total. The van der Waals surface area contributed by atoms with Gasteiger partial charge in [0.05, 0.1) is 11.0 Å². The Labute approximate surface area is 369 Å². The Morgan fingerprint density at radius 3 is 1.67 bits per heavy atom. The summed E-state index contributed by atoms with van der Waals surface area (Å²) in [6.45, 7) is 4.73. The number of hydrogen-bond donors (Lipinski definition) is 0. The summed E-state index contributed by atoms with van der Waals surface area (Å²) >= 11 is 0. The highest BCUT2D eigenvalue weighted by atomic mass is 15.1. The minimum absolute atomic E-state index is 0.121. The van der Waals surface area contributed by atoms with E-state index < -0.39 is 0 Å². The molecule has 10 aromatic rings. The van der Waals surface area contributed by atoms with Crippen molar-refractivity contribution in [3.05, 3.63) is 235 Å². The normalized spacial score (nSPS) is 13.5. The van der Waals surface area contributed by atoms with Gasteiger partial charge in [-0.15, -0.1) is 0 Å². The third-order valence-electron chi connectivity index (χ3n) is 13.7. The zero-order valence-electron chi connectivity index (χ0n) is 35.6. The predicted octanol–water partition coefficient (Wildman–Crippen LogP) is 16.5. The Morgan fingerprint density at radius 1 is 0.444 bits per heavy atom. The lowest BCUT2D eigenvalue weighted by Gasteiger charge is -2.28. The fraction of sp³-hybridized carbons (Fsp3) is 0.0820. The molecule has 2 nitrogen and oxygen atoms in total. The van der Waals surface area contributed by atoms with E-state index in [4.69, 9.17) is 0 Å². The van der Waals surface area contributed by atoms with Crippen molar-refractivity contribution < 1.29 is 0 Å². The Kier molecular flexibility index (Phi) is 8.69. The lowest BCUT2D eigenvalue weighted by atomic mass is 9.82. The Hall–Kier alpha value is -7.68. The molecule has 2 aliphatic rings. The Morgan fingerprint density at radius 2 is 0.984 bits per heavy atom. The smallest absolute Gasteiger partial charge is 0.0562 e. The maximum Gasteiger partial charge on any atom is 0.0562 e. The molecule has 0 saturated heterocycles. The summed E-state index contributed by atoms with van der Waals surface area (Å²) in [4.78, 5) is 2.45. The largest absolute Gasteiger partial charge is 0.310 e. The molecule has 12 rings (SSSR count). The number of nitrogens with zero attached hydrogens (tertiary/aromatic N) is 2. The first-order valence-corrected chi connectivity index (χ1v) is 22.2. The van der Waals surface area contributed by atoms with Crippen LogP contribution in [0.15, 0.2) is 212 Å². The number of anilines is 3. The molecule has 9 aromatic carbocycles. The van der Waals surface area contributed by atoms with Crippen LogP contribution in [0.5, 0.6) is 0 Å². The van der Waals surface area contributed by atoms with Gasteiger partial charge in [-0.1, -0.05) is 178 Å². The average molecular weight is 807 g/mol. The van der Waals surface area contributed by atoms with Gasteiger partial charge in [-0.05, 0) is 134 Å². The molecular weight excluding hydrogens is 761 g/mol. The second kappa shape index (κ2) is 14.8. The first-order valence-electron chi connectivity index (χ1n) is 22.2. The molecule has 1 aromatic heterocycles. The van der Waals surface area contributed by atoms with Crippen LogP contribution < -0.4 is 4.90 Å². The molecule has 300 valence electrons. The maximum atomic E-state index is 2.48. The first kappa shape index (κ1) is 37.1. The van der Waals surface area contributed by atoms with Crippen LogP contribution in [0.25, 0.3) is 78.1 Å². The topological polar surface area (TPSA) is 8.17 Å². The van der Waals surface area contributed by atoms with Crippen LogP contribution in [0, 0.1) is 0 Å². The third-order valence-corrected chi connectivity index (χ3v) is 13.7. The summed E-state index contributed by atoms with van der Waals surface area (Å²) in [6.07, 6.45) is 6.84. The fourth-order valence-corrected chi connectivity index (χ4v) is 10.4. The molecule has 0 bridgehead atoms. The van der Waals surface area contributed by atoms with Gasteiger partial charge in [-0.3, -0.25) is 0 Å². The minimum atomic E-state index is -0.121. The number of aryl methyl sites for hydroxylation is 1. The van der Waals surface area contributed by atoms with Crippen LogP contribution >= 0.6 is 0 Å². The molecule has 0 radical (unpaired) electrons. The van der Waals surface area contributed by atoms with Crippen molar-refractivity contribution in [1.82, 2.24) is 4.57 Å². The standard InChI is InChI=1S/C61H46N2/c1-61(2)56-20-12-11-19-53(56)54-36-34-50(39-57(54)61)62(48-30-25-45(26-31-48)42-15-7-4-8-16-42)51-35-37-55-59(40-51)63(58-38-29-47-17-9-10-18-52(47)60(55)58)49-32-27-46(28-33-49)44-23-21-43(22-24-44)41-13-5-3-6-14-41/h3-8,10-16,18-40H,9,17H2,1-2H3. The molecule has 0 fully saturated rings. The first-order chi connectivity index (χ1) is 31.0. The molecule has 2 aliphatic carbocycles. The second-order valence-corrected chi connectivity index (χ2v) is 17.6. The number of fused-ring (bicyclic) bond motifs is 8. The van der Waals surface area contributed by atoms with E-state index in [9.17, 15) is 0 Å². The zero-order chi connectivity index (χ0) is 42.1. The van der Waals surface area contributed by atoms with E-state index in [2.05, 4.69) is 242 Å². The Balaban J connectivity index is 1.02. The van der Waals surface area contributed by atoms with Crippen LogP contribution in [0.3, 0.4) is 0 Å². The molecule has 63 heavy (non-hydrogen) atoms. The minimum Gasteiger partial charge on any atom is -0.310 e. The van der Waals surface area contributed by atoms with Gasteiger partial charge in [-0.25, -0.2) is 0 Å². The van der Waals surface area contributed by atoms with Gasteiger partial charge in [0.2, 0.25) is 0 Å². The van der Waals surface area contributed by atoms with Gasteiger partial charge in [0.25, 0.3) is 0 Å². The highest BCUT2D eigenvalue weighted by molar-refractivity contribution is 6.14. The number of allylic oxidation sites excluding steroid dienone is 1. The molecular formula is C61H46N2. The van der Waals surface area contributed by atoms with Gasteiger partial charge >= 0.3 is 0 Å². The molecule has 1 heterocycles. The van der Waals surface area contributed by atoms with Gasteiger partial charge in [-0.2, -0.15) is 0 Å². The quantitative estimate of drug-likeness (QED) is 0.156. The van der Waals surface area contributed by atoms with Gasteiger partial charge in [0.15, 0.2) is 0 Å². The summed E-state index contributed by atoms with van der Waals surface area (Å²) < 4.78 is 2.48. The van der Waals surface area contributed by atoms with Crippen molar-refractivity contribution in [1.29, 1.82) is 0 Å². The van der Waals surface area contributed by atoms with E-state index in [1.54, 1.807) is 0 Å². The SMILES string of the molecule is CC1(C)c2ccccc2-c2ccc(N(c3ccc(-c4ccccc4)cc3)c3ccc4c5c6c(ccc5n(-c5ccc(-c7ccc(-c8ccccc8)cc7)cc5)c4c3)CCC=C6)cc21. The average Bonchev–Trinajstić information content (AvgIpc) is 3.80. The van der Waals surface area contributed by atoms with E-state index in [-0.39, 0.29) is 5.41 Å². The van der Waals surface area contributed by atoms with Crippen LogP contribution in [0.1, 0.15) is 42.5 Å². The predicted molar refractivity (Wildman–Crippen MR) is 267 cm³/mol. The summed E-state index contributed by atoms with van der Waals surface area (Å²) in [7, 11) is 0. The lowest BCUT2D eigenvalue weighted by molar-refractivity contribution is 0.660. The van der Waals surface area contributed by atoms with Crippen molar-refractivity contribution in [3.8, 4) is 50.2 Å². The molecule has 0 spiro atoms. The fourth-order valence-electron chi connectivity index (χ4n) is 10.4. The molecule has 0 unspecified atom stereocenters. The number of benzene rings is 9. The highest BCUT2D eigenvalue weighted by Gasteiger charge is 2.36. The summed E-state index contributed by atoms with van der Waals surface area (Å²) in [5.74, 6) is 0. The number of rotatable bonds is 7. The van der Waals surface area contributed by atoms with E-state index >= 15 is 0 Å². The number of aromatic nitrogens is 1. The van der Waals surface area contributed by atoms with Gasteiger partial charge in [0, 0.05) is 38.9 Å². The van der Waals surface area contributed by atoms with Crippen molar-refractivity contribution in [2.24, 2.45) is 0 Å². The van der Waals surface area contributed by atoms with Crippen LogP contribution in [0.4, 0.5) is 17.1 Å².